The van der Waals surface area contributed by atoms with Gasteiger partial charge in [0.05, 0.1) is 5.56 Å². The fourth-order valence-corrected chi connectivity index (χ4v) is 2.63. The molecular weight excluding hydrogens is 417 g/mol. The third-order valence-electron chi connectivity index (χ3n) is 3.23. The zero-order valence-corrected chi connectivity index (χ0v) is 14.0. The molecule has 0 aromatic heterocycles. The molecular formula is C16H13F2IN2O2. The van der Waals surface area contributed by atoms with Gasteiger partial charge < -0.3 is 11.1 Å². The maximum atomic E-state index is 13.6. The molecule has 4 nitrogen and oxygen atoms in total. The van der Waals surface area contributed by atoms with Crippen LogP contribution in [0.1, 0.15) is 15.9 Å². The van der Waals surface area contributed by atoms with Gasteiger partial charge in [-0.25, -0.2) is 8.78 Å². The Bertz CT molecular complexity index is 753. The molecule has 0 unspecified atom stereocenters. The fraction of sp³-hybridized carbons (Fsp3) is 0.125. The monoisotopic (exact) mass is 430 g/mol. The number of carbonyl (C=O) groups is 2. The van der Waals surface area contributed by atoms with Crippen LogP contribution in [0, 0.1) is 15.2 Å². The standard InChI is InChI=1S/C16H13F2IN2O2/c17-11-6-3-5-10(14(11)18)16(23)21-13(15(20)22)8-9-4-1-2-7-12(9)19/h1-7,13H,8H2,(H2,20,22)(H,21,23)/t13-/m1/s1. The Balaban J connectivity index is 2.20. The van der Waals surface area contributed by atoms with E-state index in [-0.39, 0.29) is 6.42 Å². The van der Waals surface area contributed by atoms with Gasteiger partial charge in [-0.1, -0.05) is 24.3 Å². The molecule has 3 N–H and O–H groups in total. The average Bonchev–Trinajstić information content (AvgIpc) is 2.51. The first kappa shape index (κ1) is 17.3. The first-order chi connectivity index (χ1) is 10.9. The zero-order valence-electron chi connectivity index (χ0n) is 11.9. The molecule has 0 heterocycles. The third kappa shape index (κ3) is 4.25. The van der Waals surface area contributed by atoms with Crippen molar-refractivity contribution >= 4 is 34.4 Å². The van der Waals surface area contributed by atoms with Gasteiger partial charge in [-0.3, -0.25) is 9.59 Å². The van der Waals surface area contributed by atoms with E-state index in [4.69, 9.17) is 5.73 Å². The van der Waals surface area contributed by atoms with Crippen molar-refractivity contribution in [1.82, 2.24) is 5.32 Å². The van der Waals surface area contributed by atoms with Crippen molar-refractivity contribution in [2.45, 2.75) is 12.5 Å². The molecule has 1 atom stereocenters. The highest BCUT2D eigenvalue weighted by Crippen LogP contribution is 2.15. The molecule has 0 bridgehead atoms. The molecule has 0 spiro atoms. The van der Waals surface area contributed by atoms with Crippen molar-refractivity contribution in [3.63, 3.8) is 0 Å². The van der Waals surface area contributed by atoms with Crippen LogP contribution in [0.4, 0.5) is 8.78 Å². The number of nitrogens with one attached hydrogen (secondary N) is 1. The van der Waals surface area contributed by atoms with E-state index in [1.54, 1.807) is 12.1 Å². The van der Waals surface area contributed by atoms with E-state index in [1.807, 2.05) is 12.1 Å². The van der Waals surface area contributed by atoms with Crippen LogP contribution in [-0.2, 0) is 11.2 Å². The van der Waals surface area contributed by atoms with Gasteiger partial charge in [0.15, 0.2) is 11.6 Å². The lowest BCUT2D eigenvalue weighted by Crippen LogP contribution is -2.46. The molecule has 0 saturated heterocycles. The predicted molar refractivity (Wildman–Crippen MR) is 89.7 cm³/mol. The second kappa shape index (κ2) is 7.49. The highest BCUT2D eigenvalue weighted by Gasteiger charge is 2.23. The van der Waals surface area contributed by atoms with E-state index in [0.717, 1.165) is 21.3 Å². The maximum absolute atomic E-state index is 13.6. The molecule has 0 aliphatic heterocycles. The van der Waals surface area contributed by atoms with Crippen molar-refractivity contribution in [2.75, 3.05) is 0 Å². The number of nitrogens with two attached hydrogens (primary N) is 1. The lowest BCUT2D eigenvalue weighted by molar-refractivity contribution is -0.119. The van der Waals surface area contributed by atoms with E-state index < -0.39 is 35.1 Å². The van der Waals surface area contributed by atoms with Crippen molar-refractivity contribution in [3.8, 4) is 0 Å². The molecule has 2 amide bonds. The minimum absolute atomic E-state index is 0.164. The quantitative estimate of drug-likeness (QED) is 0.716. The van der Waals surface area contributed by atoms with Crippen LogP contribution in [0.25, 0.3) is 0 Å². The molecule has 0 aliphatic carbocycles. The van der Waals surface area contributed by atoms with Crippen molar-refractivity contribution in [3.05, 3.63) is 68.8 Å². The number of hydrogen-bond acceptors (Lipinski definition) is 2. The van der Waals surface area contributed by atoms with E-state index in [0.29, 0.717) is 0 Å². The molecule has 0 saturated carbocycles. The number of halogens is 3. The SMILES string of the molecule is NC(=O)[C@@H](Cc1ccccc1I)NC(=O)c1cccc(F)c1F. The minimum Gasteiger partial charge on any atom is -0.368 e. The number of carbonyl (C=O) groups excluding carboxylic acids is 2. The molecule has 0 radical (unpaired) electrons. The van der Waals surface area contributed by atoms with E-state index in [2.05, 4.69) is 27.9 Å². The van der Waals surface area contributed by atoms with Gasteiger partial charge in [0.25, 0.3) is 5.91 Å². The van der Waals surface area contributed by atoms with Crippen LogP contribution >= 0.6 is 22.6 Å². The van der Waals surface area contributed by atoms with Crippen LogP contribution in [0.5, 0.6) is 0 Å². The Labute approximate surface area is 145 Å². The molecule has 2 aromatic rings. The lowest BCUT2D eigenvalue weighted by atomic mass is 10.0. The summed E-state index contributed by atoms with van der Waals surface area (Å²) >= 11 is 2.10. The van der Waals surface area contributed by atoms with Crippen molar-refractivity contribution < 1.29 is 18.4 Å². The molecule has 2 rings (SSSR count). The summed E-state index contributed by atoms with van der Waals surface area (Å²) in [5.41, 5.74) is 5.65. The van der Waals surface area contributed by atoms with Crippen LogP contribution in [0.15, 0.2) is 42.5 Å². The first-order valence-electron chi connectivity index (χ1n) is 6.67. The molecule has 2 aromatic carbocycles. The van der Waals surface area contributed by atoms with Gasteiger partial charge in [-0.2, -0.15) is 0 Å². The number of hydrogen-bond donors (Lipinski definition) is 2. The summed E-state index contributed by atoms with van der Waals surface area (Å²) in [6.07, 6.45) is 0.164. The summed E-state index contributed by atoms with van der Waals surface area (Å²) < 4.78 is 27.7. The Kier molecular flexibility index (Phi) is 5.64. The van der Waals surface area contributed by atoms with Crippen molar-refractivity contribution in [1.29, 1.82) is 0 Å². The van der Waals surface area contributed by atoms with Crippen LogP contribution in [0.2, 0.25) is 0 Å². The van der Waals surface area contributed by atoms with Crippen molar-refractivity contribution in [2.24, 2.45) is 5.73 Å². The largest absolute Gasteiger partial charge is 0.368 e. The maximum Gasteiger partial charge on any atom is 0.255 e. The zero-order chi connectivity index (χ0) is 17.0. The van der Waals surface area contributed by atoms with E-state index >= 15 is 0 Å². The smallest absolute Gasteiger partial charge is 0.255 e. The van der Waals surface area contributed by atoms with Gasteiger partial charge in [0.2, 0.25) is 5.91 Å². The predicted octanol–water partition coefficient (Wildman–Crippen LogP) is 2.40. The van der Waals surface area contributed by atoms with Crippen LogP contribution in [0.3, 0.4) is 0 Å². The Hall–Kier alpha value is -2.03. The van der Waals surface area contributed by atoms with Gasteiger partial charge >= 0.3 is 0 Å². The summed E-state index contributed by atoms with van der Waals surface area (Å²) in [6.45, 7) is 0. The van der Waals surface area contributed by atoms with Gasteiger partial charge in [-0.05, 0) is 46.4 Å². The molecule has 23 heavy (non-hydrogen) atoms. The number of amides is 2. The fourth-order valence-electron chi connectivity index (χ4n) is 2.02. The molecule has 7 heteroatoms. The summed E-state index contributed by atoms with van der Waals surface area (Å²) in [5, 5.41) is 2.35. The summed E-state index contributed by atoms with van der Waals surface area (Å²) in [6, 6.07) is 9.51. The summed E-state index contributed by atoms with van der Waals surface area (Å²) in [4.78, 5) is 23.7. The number of rotatable bonds is 5. The van der Waals surface area contributed by atoms with E-state index in [1.165, 1.54) is 6.07 Å². The Morgan fingerprint density at radius 2 is 1.83 bits per heavy atom. The number of benzene rings is 2. The highest BCUT2D eigenvalue weighted by atomic mass is 127. The summed E-state index contributed by atoms with van der Waals surface area (Å²) in [7, 11) is 0. The van der Waals surface area contributed by atoms with Gasteiger partial charge in [0.1, 0.15) is 6.04 Å². The van der Waals surface area contributed by atoms with Gasteiger partial charge in [0, 0.05) is 9.99 Å². The Morgan fingerprint density at radius 3 is 2.48 bits per heavy atom. The van der Waals surface area contributed by atoms with Gasteiger partial charge in [-0.15, -0.1) is 0 Å². The average molecular weight is 430 g/mol. The summed E-state index contributed by atoms with van der Waals surface area (Å²) in [5.74, 6) is -4.04. The van der Waals surface area contributed by atoms with Crippen LogP contribution in [-0.4, -0.2) is 17.9 Å². The first-order valence-corrected chi connectivity index (χ1v) is 7.75. The van der Waals surface area contributed by atoms with Crippen LogP contribution < -0.4 is 11.1 Å². The molecule has 0 fully saturated rings. The number of primary amides is 1. The normalized spacial score (nSPS) is 11.8. The minimum atomic E-state index is -1.26. The molecule has 120 valence electrons. The Morgan fingerprint density at radius 1 is 1.13 bits per heavy atom. The topological polar surface area (TPSA) is 72.2 Å². The third-order valence-corrected chi connectivity index (χ3v) is 4.28. The van der Waals surface area contributed by atoms with E-state index in [9.17, 15) is 18.4 Å². The second-order valence-corrected chi connectivity index (χ2v) is 5.99. The molecule has 0 aliphatic rings. The highest BCUT2D eigenvalue weighted by molar-refractivity contribution is 14.1. The second-order valence-electron chi connectivity index (χ2n) is 4.83. The lowest BCUT2D eigenvalue weighted by Gasteiger charge is -2.16.